The highest BCUT2D eigenvalue weighted by atomic mass is 79.9. The highest BCUT2D eigenvalue weighted by Crippen LogP contribution is 2.22. The number of aromatic nitrogens is 1. The lowest BCUT2D eigenvalue weighted by Gasteiger charge is -2.09. The predicted molar refractivity (Wildman–Crippen MR) is 99.6 cm³/mol. The van der Waals surface area contributed by atoms with Crippen molar-refractivity contribution in [3.63, 3.8) is 0 Å². The molecule has 3 aromatic rings. The summed E-state index contributed by atoms with van der Waals surface area (Å²) in [5.41, 5.74) is 1.81. The van der Waals surface area contributed by atoms with Crippen molar-refractivity contribution in [2.75, 3.05) is 13.7 Å². The predicted octanol–water partition coefficient (Wildman–Crippen LogP) is 4.23. The Balaban J connectivity index is 1.56. The lowest BCUT2D eigenvalue weighted by molar-refractivity contribution is 0.0951. The van der Waals surface area contributed by atoms with Gasteiger partial charge in [-0.3, -0.25) is 4.79 Å². The topological polar surface area (TPSA) is 43.3 Å². The Kier molecular flexibility index (Phi) is 5.20. The number of rotatable bonds is 6. The van der Waals surface area contributed by atoms with Crippen molar-refractivity contribution in [3.05, 3.63) is 64.8 Å². The van der Waals surface area contributed by atoms with Gasteiger partial charge in [-0.05, 0) is 58.1 Å². The molecule has 0 atom stereocenters. The van der Waals surface area contributed by atoms with Gasteiger partial charge in [0.1, 0.15) is 5.75 Å². The molecule has 24 heavy (non-hydrogen) atoms. The number of nitrogens with zero attached hydrogens (tertiary/aromatic N) is 1. The molecule has 2 aromatic carbocycles. The first-order chi connectivity index (χ1) is 11.7. The number of benzene rings is 2. The summed E-state index contributed by atoms with van der Waals surface area (Å²) in [5, 5.41) is 4.20. The van der Waals surface area contributed by atoms with Crippen molar-refractivity contribution >= 4 is 32.7 Å². The number of ether oxygens (including phenoxy) is 1. The van der Waals surface area contributed by atoms with Crippen LogP contribution in [0.5, 0.6) is 5.75 Å². The second-order valence-corrected chi connectivity index (χ2v) is 6.38. The third-order valence-electron chi connectivity index (χ3n) is 3.96. The van der Waals surface area contributed by atoms with Gasteiger partial charge in [-0.2, -0.15) is 0 Å². The first-order valence-electron chi connectivity index (χ1n) is 7.84. The van der Waals surface area contributed by atoms with Gasteiger partial charge in [-0.15, -0.1) is 0 Å². The molecule has 0 aliphatic heterocycles. The Morgan fingerprint density at radius 3 is 2.88 bits per heavy atom. The van der Waals surface area contributed by atoms with E-state index in [1.54, 1.807) is 13.2 Å². The summed E-state index contributed by atoms with van der Waals surface area (Å²) in [5.74, 6) is 0.570. The highest BCUT2D eigenvalue weighted by Gasteiger charge is 2.10. The number of amides is 1. The Morgan fingerprint density at radius 1 is 1.21 bits per heavy atom. The molecule has 0 aliphatic rings. The van der Waals surface area contributed by atoms with E-state index in [0.29, 0.717) is 17.9 Å². The Hall–Kier alpha value is -2.27. The second kappa shape index (κ2) is 7.53. The van der Waals surface area contributed by atoms with Gasteiger partial charge in [-0.1, -0.05) is 18.2 Å². The molecule has 1 aromatic heterocycles. The zero-order valence-corrected chi connectivity index (χ0v) is 15.0. The molecule has 3 rings (SSSR count). The van der Waals surface area contributed by atoms with E-state index in [9.17, 15) is 4.79 Å². The molecule has 0 aliphatic carbocycles. The van der Waals surface area contributed by atoms with Gasteiger partial charge < -0.3 is 14.6 Å². The van der Waals surface area contributed by atoms with Crippen LogP contribution in [-0.2, 0) is 6.54 Å². The van der Waals surface area contributed by atoms with Crippen LogP contribution in [0.4, 0.5) is 0 Å². The number of halogens is 1. The molecule has 0 fully saturated rings. The minimum atomic E-state index is -0.0989. The van der Waals surface area contributed by atoms with Gasteiger partial charge >= 0.3 is 0 Å². The molecule has 5 heteroatoms. The van der Waals surface area contributed by atoms with Crippen molar-refractivity contribution in [1.82, 2.24) is 9.88 Å². The van der Waals surface area contributed by atoms with Crippen LogP contribution in [0.2, 0.25) is 0 Å². The second-order valence-electron chi connectivity index (χ2n) is 5.52. The fourth-order valence-corrected chi connectivity index (χ4v) is 3.11. The van der Waals surface area contributed by atoms with E-state index in [1.807, 2.05) is 24.3 Å². The molecular formula is C19H19BrN2O2. The third kappa shape index (κ3) is 3.62. The van der Waals surface area contributed by atoms with Crippen molar-refractivity contribution in [2.45, 2.75) is 13.0 Å². The Labute approximate surface area is 149 Å². The van der Waals surface area contributed by atoms with Gasteiger partial charge in [0, 0.05) is 29.3 Å². The fraction of sp³-hybridized carbons (Fsp3) is 0.211. The molecule has 1 N–H and O–H groups in total. The van der Waals surface area contributed by atoms with E-state index in [2.05, 4.69) is 50.2 Å². The monoisotopic (exact) mass is 386 g/mol. The summed E-state index contributed by atoms with van der Waals surface area (Å²) >= 11 is 3.41. The summed E-state index contributed by atoms with van der Waals surface area (Å²) < 4.78 is 8.14. The van der Waals surface area contributed by atoms with Crippen LogP contribution in [0.1, 0.15) is 16.8 Å². The Bertz CT molecular complexity index is 857. The minimum absolute atomic E-state index is 0.0989. The third-order valence-corrected chi connectivity index (χ3v) is 4.65. The summed E-state index contributed by atoms with van der Waals surface area (Å²) in [6, 6.07) is 15.8. The maximum Gasteiger partial charge on any atom is 0.252 e. The molecule has 0 saturated carbocycles. The summed E-state index contributed by atoms with van der Waals surface area (Å²) in [6.45, 7) is 1.49. The first kappa shape index (κ1) is 16.6. The molecule has 0 unspecified atom stereocenters. The number of nitrogens with one attached hydrogen (secondary N) is 1. The zero-order chi connectivity index (χ0) is 16.9. The van der Waals surface area contributed by atoms with Gasteiger partial charge in [-0.25, -0.2) is 0 Å². The van der Waals surface area contributed by atoms with Gasteiger partial charge in [0.2, 0.25) is 0 Å². The van der Waals surface area contributed by atoms with Crippen molar-refractivity contribution in [2.24, 2.45) is 0 Å². The number of carbonyl (C=O) groups excluding carboxylic acids is 1. The van der Waals surface area contributed by atoms with E-state index >= 15 is 0 Å². The average molecular weight is 387 g/mol. The number of hydrogen-bond acceptors (Lipinski definition) is 2. The van der Waals surface area contributed by atoms with E-state index < -0.39 is 0 Å². The number of methoxy groups -OCH3 is 1. The van der Waals surface area contributed by atoms with E-state index in [-0.39, 0.29) is 5.91 Å². The molecule has 1 amide bonds. The van der Waals surface area contributed by atoms with Crippen LogP contribution >= 0.6 is 15.9 Å². The molecule has 0 bridgehead atoms. The lowest BCUT2D eigenvalue weighted by Crippen LogP contribution is -2.25. The molecule has 124 valence electrons. The van der Waals surface area contributed by atoms with Crippen molar-refractivity contribution < 1.29 is 9.53 Å². The number of fused-ring (bicyclic) bond motifs is 1. The van der Waals surface area contributed by atoms with Crippen LogP contribution in [0, 0.1) is 0 Å². The maximum absolute atomic E-state index is 12.3. The summed E-state index contributed by atoms with van der Waals surface area (Å²) in [4.78, 5) is 12.3. The van der Waals surface area contributed by atoms with Crippen molar-refractivity contribution in [3.8, 4) is 5.75 Å². The smallest absolute Gasteiger partial charge is 0.252 e. The van der Waals surface area contributed by atoms with Crippen molar-refractivity contribution in [1.29, 1.82) is 0 Å². The number of para-hydroxylation sites is 1. The summed E-state index contributed by atoms with van der Waals surface area (Å²) in [6.07, 6.45) is 2.96. The van der Waals surface area contributed by atoms with Crippen LogP contribution in [0.15, 0.2) is 59.2 Å². The SMILES string of the molecule is COc1ccc(Br)c(C(=O)NCCCn2ccc3ccccc32)c1. The largest absolute Gasteiger partial charge is 0.497 e. The van der Waals surface area contributed by atoms with Gasteiger partial charge in [0.25, 0.3) is 5.91 Å². The van der Waals surface area contributed by atoms with Crippen LogP contribution in [-0.4, -0.2) is 24.1 Å². The standard InChI is InChI=1S/C19H19BrN2O2/c1-24-15-7-8-17(20)16(13-15)19(23)21-10-4-11-22-12-9-14-5-2-3-6-18(14)22/h2-3,5-9,12-13H,4,10-11H2,1H3,(H,21,23). The molecular weight excluding hydrogens is 368 g/mol. The molecule has 4 nitrogen and oxygen atoms in total. The van der Waals surface area contributed by atoms with E-state index in [1.165, 1.54) is 10.9 Å². The fourth-order valence-electron chi connectivity index (χ4n) is 2.69. The average Bonchev–Trinajstić information content (AvgIpc) is 3.02. The van der Waals surface area contributed by atoms with Gasteiger partial charge in [0.15, 0.2) is 0 Å². The molecule has 0 spiro atoms. The molecule has 0 saturated heterocycles. The summed E-state index contributed by atoms with van der Waals surface area (Å²) in [7, 11) is 1.59. The van der Waals surface area contributed by atoms with Crippen LogP contribution in [0.3, 0.4) is 0 Å². The highest BCUT2D eigenvalue weighted by molar-refractivity contribution is 9.10. The van der Waals surface area contributed by atoms with Gasteiger partial charge in [0.05, 0.1) is 12.7 Å². The first-order valence-corrected chi connectivity index (χ1v) is 8.64. The van der Waals surface area contributed by atoms with Crippen LogP contribution < -0.4 is 10.1 Å². The van der Waals surface area contributed by atoms with Crippen LogP contribution in [0.25, 0.3) is 10.9 Å². The maximum atomic E-state index is 12.3. The molecule has 0 radical (unpaired) electrons. The number of carbonyl (C=O) groups is 1. The minimum Gasteiger partial charge on any atom is -0.497 e. The molecule has 1 heterocycles. The number of aryl methyl sites for hydroxylation is 1. The Morgan fingerprint density at radius 2 is 2.04 bits per heavy atom. The van der Waals surface area contributed by atoms with E-state index in [0.717, 1.165) is 17.4 Å². The lowest BCUT2D eigenvalue weighted by atomic mass is 10.2. The number of hydrogen-bond donors (Lipinski definition) is 1. The normalized spacial score (nSPS) is 10.8. The van der Waals surface area contributed by atoms with E-state index in [4.69, 9.17) is 4.74 Å². The quantitative estimate of drug-likeness (QED) is 0.644. The zero-order valence-electron chi connectivity index (χ0n) is 13.5.